The fourth-order valence-electron chi connectivity index (χ4n) is 2.97. The van der Waals surface area contributed by atoms with Gasteiger partial charge in [-0.25, -0.2) is 0 Å². The highest BCUT2D eigenvalue weighted by molar-refractivity contribution is 6.31. The molecule has 6 nitrogen and oxygen atoms in total. The van der Waals surface area contributed by atoms with Gasteiger partial charge in [0, 0.05) is 29.4 Å². The molecule has 0 unspecified atom stereocenters. The maximum absolute atomic E-state index is 12.5. The number of benzene rings is 2. The molecule has 26 heavy (non-hydrogen) atoms. The first-order valence-electron chi connectivity index (χ1n) is 8.04. The standard InChI is InChI=1S/C19H17ClN2O4/c1-11-15(20)6-3-7-16(11)22-10-13(9-17(22)23)18(24)21-14-5-2-4-12(8-14)19(25)26/h2-8,13H,9-10H2,1H3,(H,21,24)(H,25,26)/p-1/t13-/m0/s1. The van der Waals surface area contributed by atoms with E-state index in [0.29, 0.717) is 16.4 Å². The number of nitrogens with zero attached hydrogens (tertiary/aromatic N) is 1. The quantitative estimate of drug-likeness (QED) is 0.890. The molecular formula is C19H16ClN2O4-. The summed E-state index contributed by atoms with van der Waals surface area (Å²) in [6, 6.07) is 11.1. The van der Waals surface area contributed by atoms with Gasteiger partial charge >= 0.3 is 0 Å². The summed E-state index contributed by atoms with van der Waals surface area (Å²) in [6.07, 6.45) is 0.0813. The van der Waals surface area contributed by atoms with Gasteiger partial charge in [-0.3, -0.25) is 9.59 Å². The minimum atomic E-state index is -1.32. The number of nitrogens with one attached hydrogen (secondary N) is 1. The van der Waals surface area contributed by atoms with Crippen molar-refractivity contribution in [3.8, 4) is 0 Å². The van der Waals surface area contributed by atoms with Crippen molar-refractivity contribution in [3.05, 3.63) is 58.6 Å². The van der Waals surface area contributed by atoms with Gasteiger partial charge in [-0.05, 0) is 42.3 Å². The fourth-order valence-corrected chi connectivity index (χ4v) is 3.14. The third-order valence-electron chi connectivity index (χ3n) is 4.39. The molecule has 0 spiro atoms. The summed E-state index contributed by atoms with van der Waals surface area (Å²) in [7, 11) is 0. The lowest BCUT2D eigenvalue weighted by Gasteiger charge is -2.19. The van der Waals surface area contributed by atoms with E-state index in [9.17, 15) is 19.5 Å². The molecule has 2 aromatic rings. The van der Waals surface area contributed by atoms with Crippen molar-refractivity contribution in [3.63, 3.8) is 0 Å². The van der Waals surface area contributed by atoms with E-state index in [0.717, 1.165) is 5.56 Å². The Morgan fingerprint density at radius 3 is 2.69 bits per heavy atom. The predicted octanol–water partition coefficient (Wildman–Crippen LogP) is 2.00. The Bertz CT molecular complexity index is 897. The van der Waals surface area contributed by atoms with E-state index in [1.165, 1.54) is 18.2 Å². The first kappa shape index (κ1) is 17.9. The van der Waals surface area contributed by atoms with Crippen molar-refractivity contribution in [1.82, 2.24) is 0 Å². The van der Waals surface area contributed by atoms with E-state index in [1.54, 1.807) is 29.2 Å². The summed E-state index contributed by atoms with van der Waals surface area (Å²) < 4.78 is 0. The molecule has 1 heterocycles. The number of rotatable bonds is 4. The summed E-state index contributed by atoms with van der Waals surface area (Å²) in [4.78, 5) is 37.3. The SMILES string of the molecule is Cc1c(Cl)cccc1N1C[C@@H](C(=O)Nc2cccc(C(=O)[O-])c2)CC1=O. The first-order valence-corrected chi connectivity index (χ1v) is 8.42. The molecule has 7 heteroatoms. The maximum atomic E-state index is 12.5. The highest BCUT2D eigenvalue weighted by Crippen LogP contribution is 2.31. The lowest BCUT2D eigenvalue weighted by molar-refractivity contribution is -0.255. The molecule has 0 radical (unpaired) electrons. The molecule has 1 atom stereocenters. The lowest BCUT2D eigenvalue weighted by Crippen LogP contribution is -2.28. The Kier molecular flexibility index (Phi) is 4.95. The monoisotopic (exact) mass is 371 g/mol. The van der Waals surface area contributed by atoms with Crippen LogP contribution in [-0.2, 0) is 9.59 Å². The molecule has 1 aliphatic rings. The van der Waals surface area contributed by atoms with Crippen LogP contribution < -0.4 is 15.3 Å². The van der Waals surface area contributed by atoms with Crippen LogP contribution in [0.5, 0.6) is 0 Å². The van der Waals surface area contributed by atoms with Gasteiger partial charge in [0.25, 0.3) is 0 Å². The third-order valence-corrected chi connectivity index (χ3v) is 4.80. The number of amides is 2. The van der Waals surface area contributed by atoms with E-state index in [-0.39, 0.29) is 30.3 Å². The molecule has 0 bridgehead atoms. The molecule has 2 aromatic carbocycles. The van der Waals surface area contributed by atoms with Crippen LogP contribution in [-0.4, -0.2) is 24.3 Å². The molecule has 3 rings (SSSR count). The van der Waals surface area contributed by atoms with Gasteiger partial charge < -0.3 is 20.1 Å². The van der Waals surface area contributed by atoms with E-state index < -0.39 is 11.9 Å². The van der Waals surface area contributed by atoms with Crippen molar-refractivity contribution >= 4 is 40.8 Å². The van der Waals surface area contributed by atoms with Crippen molar-refractivity contribution in [2.45, 2.75) is 13.3 Å². The summed E-state index contributed by atoms with van der Waals surface area (Å²) in [5.74, 6) is -2.35. The summed E-state index contributed by atoms with van der Waals surface area (Å²) >= 11 is 6.12. The summed E-state index contributed by atoms with van der Waals surface area (Å²) in [5.41, 5.74) is 1.80. The number of aromatic carboxylic acids is 1. The van der Waals surface area contributed by atoms with Crippen molar-refractivity contribution in [2.24, 2.45) is 5.92 Å². The van der Waals surface area contributed by atoms with Crippen LogP contribution in [0.2, 0.25) is 5.02 Å². The average molecular weight is 372 g/mol. The minimum absolute atomic E-state index is 0.0264. The Balaban J connectivity index is 1.74. The zero-order valence-corrected chi connectivity index (χ0v) is 14.7. The lowest BCUT2D eigenvalue weighted by atomic mass is 10.1. The number of carbonyl (C=O) groups excluding carboxylic acids is 3. The smallest absolute Gasteiger partial charge is 0.229 e. The molecule has 134 valence electrons. The fraction of sp³-hybridized carbons (Fsp3) is 0.211. The van der Waals surface area contributed by atoms with Gasteiger partial charge in [0.2, 0.25) is 11.8 Å². The Morgan fingerprint density at radius 1 is 1.23 bits per heavy atom. The largest absolute Gasteiger partial charge is 0.545 e. The maximum Gasteiger partial charge on any atom is 0.229 e. The van der Waals surface area contributed by atoms with E-state index in [2.05, 4.69) is 5.32 Å². The molecule has 1 N–H and O–H groups in total. The number of hydrogen-bond acceptors (Lipinski definition) is 4. The van der Waals surface area contributed by atoms with Crippen molar-refractivity contribution in [2.75, 3.05) is 16.8 Å². The van der Waals surface area contributed by atoms with Crippen molar-refractivity contribution < 1.29 is 19.5 Å². The topological polar surface area (TPSA) is 89.5 Å². The molecule has 0 saturated carbocycles. The van der Waals surface area contributed by atoms with Gasteiger partial charge in [-0.1, -0.05) is 29.8 Å². The number of hydrogen-bond donors (Lipinski definition) is 1. The Hall–Kier alpha value is -2.86. The van der Waals surface area contributed by atoms with Crippen LogP contribution >= 0.6 is 11.6 Å². The highest BCUT2D eigenvalue weighted by atomic mass is 35.5. The van der Waals surface area contributed by atoms with Crippen molar-refractivity contribution in [1.29, 1.82) is 0 Å². The molecule has 2 amide bonds. The molecule has 1 aliphatic heterocycles. The second-order valence-corrected chi connectivity index (χ2v) is 6.55. The molecule has 1 fully saturated rings. The Morgan fingerprint density at radius 2 is 1.96 bits per heavy atom. The zero-order valence-electron chi connectivity index (χ0n) is 14.0. The zero-order chi connectivity index (χ0) is 18.8. The summed E-state index contributed by atoms with van der Waals surface area (Å²) in [5, 5.41) is 14.1. The first-order chi connectivity index (χ1) is 12.4. The van der Waals surface area contributed by atoms with Gasteiger partial charge in [-0.2, -0.15) is 0 Å². The van der Waals surface area contributed by atoms with Gasteiger partial charge in [-0.15, -0.1) is 0 Å². The van der Waals surface area contributed by atoms with Crippen LogP contribution in [0, 0.1) is 12.8 Å². The molecule has 0 aliphatic carbocycles. The molecular weight excluding hydrogens is 356 g/mol. The number of carboxylic acid groups (broad SMARTS) is 1. The van der Waals surface area contributed by atoms with Crippen LogP contribution in [0.1, 0.15) is 22.3 Å². The van der Waals surface area contributed by atoms with E-state index in [4.69, 9.17) is 11.6 Å². The number of carboxylic acids is 1. The number of anilines is 2. The van der Waals surface area contributed by atoms with Crippen LogP contribution in [0.15, 0.2) is 42.5 Å². The predicted molar refractivity (Wildman–Crippen MR) is 96.1 cm³/mol. The van der Waals surface area contributed by atoms with Crippen LogP contribution in [0.3, 0.4) is 0 Å². The molecule has 1 saturated heterocycles. The minimum Gasteiger partial charge on any atom is -0.545 e. The number of halogens is 1. The highest BCUT2D eigenvalue weighted by Gasteiger charge is 2.35. The normalized spacial score (nSPS) is 16.6. The second-order valence-electron chi connectivity index (χ2n) is 6.15. The Labute approximate surface area is 155 Å². The third kappa shape index (κ3) is 3.55. The summed E-state index contributed by atoms with van der Waals surface area (Å²) in [6.45, 7) is 2.07. The van der Waals surface area contributed by atoms with Gasteiger partial charge in [0.1, 0.15) is 0 Å². The van der Waals surface area contributed by atoms with E-state index >= 15 is 0 Å². The van der Waals surface area contributed by atoms with Gasteiger partial charge in [0.15, 0.2) is 0 Å². The van der Waals surface area contributed by atoms with Crippen LogP contribution in [0.4, 0.5) is 11.4 Å². The second kappa shape index (κ2) is 7.17. The van der Waals surface area contributed by atoms with Gasteiger partial charge in [0.05, 0.1) is 11.9 Å². The molecule has 0 aromatic heterocycles. The van der Waals surface area contributed by atoms with E-state index in [1.807, 2.05) is 6.92 Å². The van der Waals surface area contributed by atoms with Crippen LogP contribution in [0.25, 0.3) is 0 Å². The number of carbonyl (C=O) groups is 3. The average Bonchev–Trinajstić information content (AvgIpc) is 2.99.